The number of rotatable bonds is 3. The SMILES string of the molecule is CC(C)(O)C(O)Cc1ccccc1Br. The van der Waals surface area contributed by atoms with E-state index in [2.05, 4.69) is 15.9 Å². The molecule has 0 spiro atoms. The van der Waals surface area contributed by atoms with Crippen molar-refractivity contribution in [3.63, 3.8) is 0 Å². The molecular weight excluding hydrogens is 244 g/mol. The lowest BCUT2D eigenvalue weighted by Crippen LogP contribution is -2.37. The van der Waals surface area contributed by atoms with Gasteiger partial charge in [-0.2, -0.15) is 0 Å². The molecule has 1 rings (SSSR count). The van der Waals surface area contributed by atoms with Crippen molar-refractivity contribution in [2.45, 2.75) is 32.0 Å². The quantitative estimate of drug-likeness (QED) is 0.872. The number of halogens is 1. The summed E-state index contributed by atoms with van der Waals surface area (Å²) in [5.74, 6) is 0. The summed E-state index contributed by atoms with van der Waals surface area (Å²) in [6.45, 7) is 3.21. The van der Waals surface area contributed by atoms with Gasteiger partial charge >= 0.3 is 0 Å². The monoisotopic (exact) mass is 258 g/mol. The summed E-state index contributed by atoms with van der Waals surface area (Å²) in [6, 6.07) is 7.69. The molecule has 14 heavy (non-hydrogen) atoms. The fourth-order valence-corrected chi connectivity index (χ4v) is 1.57. The van der Waals surface area contributed by atoms with Crippen LogP contribution < -0.4 is 0 Å². The number of aliphatic hydroxyl groups excluding tert-OH is 1. The Bertz CT molecular complexity index is 304. The molecule has 1 aromatic carbocycles. The van der Waals surface area contributed by atoms with Gasteiger partial charge in [0.1, 0.15) is 0 Å². The van der Waals surface area contributed by atoms with Gasteiger partial charge in [-0.25, -0.2) is 0 Å². The molecule has 0 amide bonds. The molecule has 3 heteroatoms. The van der Waals surface area contributed by atoms with E-state index in [4.69, 9.17) is 0 Å². The molecule has 1 unspecified atom stereocenters. The highest BCUT2D eigenvalue weighted by molar-refractivity contribution is 9.10. The molecule has 1 aromatic rings. The van der Waals surface area contributed by atoms with Gasteiger partial charge in [-0.3, -0.25) is 0 Å². The number of aliphatic hydroxyl groups is 2. The van der Waals surface area contributed by atoms with E-state index in [0.29, 0.717) is 6.42 Å². The zero-order valence-corrected chi connectivity index (χ0v) is 9.95. The van der Waals surface area contributed by atoms with Gasteiger partial charge in [0.05, 0.1) is 11.7 Å². The normalized spacial score (nSPS) is 14.1. The second-order valence-corrected chi connectivity index (χ2v) is 4.82. The average Bonchev–Trinajstić information content (AvgIpc) is 2.07. The number of hydrogen-bond donors (Lipinski definition) is 2. The molecule has 78 valence electrons. The summed E-state index contributed by atoms with van der Waals surface area (Å²) in [5.41, 5.74) is -0.0583. The van der Waals surface area contributed by atoms with Crippen LogP contribution in [-0.2, 0) is 6.42 Å². The van der Waals surface area contributed by atoms with E-state index in [1.54, 1.807) is 13.8 Å². The van der Waals surface area contributed by atoms with E-state index in [-0.39, 0.29) is 0 Å². The minimum absolute atomic E-state index is 0.449. The van der Waals surface area contributed by atoms with Gasteiger partial charge in [-0.05, 0) is 25.5 Å². The van der Waals surface area contributed by atoms with Crippen molar-refractivity contribution in [1.29, 1.82) is 0 Å². The molecule has 2 nitrogen and oxygen atoms in total. The Kier molecular flexibility index (Phi) is 3.70. The van der Waals surface area contributed by atoms with Gasteiger partial charge in [0.2, 0.25) is 0 Å². The van der Waals surface area contributed by atoms with Gasteiger partial charge in [0, 0.05) is 10.9 Å². The molecule has 0 bridgehead atoms. The van der Waals surface area contributed by atoms with E-state index in [9.17, 15) is 10.2 Å². The Balaban J connectivity index is 2.75. The summed E-state index contributed by atoms with van der Waals surface area (Å²) < 4.78 is 0.961. The number of hydrogen-bond acceptors (Lipinski definition) is 2. The van der Waals surface area contributed by atoms with Crippen LogP contribution >= 0.6 is 15.9 Å². The third kappa shape index (κ3) is 3.08. The Morgan fingerprint density at radius 1 is 1.36 bits per heavy atom. The predicted molar refractivity (Wildman–Crippen MR) is 60.2 cm³/mol. The zero-order valence-electron chi connectivity index (χ0n) is 8.37. The van der Waals surface area contributed by atoms with Crippen LogP contribution in [0.2, 0.25) is 0 Å². The minimum atomic E-state index is -1.06. The first-order valence-corrected chi connectivity index (χ1v) is 5.34. The molecule has 0 aliphatic rings. The zero-order chi connectivity index (χ0) is 10.8. The Labute approximate surface area is 92.7 Å². The first kappa shape index (κ1) is 11.7. The third-order valence-corrected chi connectivity index (χ3v) is 2.96. The first-order valence-electron chi connectivity index (χ1n) is 4.55. The van der Waals surface area contributed by atoms with E-state index in [1.165, 1.54) is 0 Å². The molecule has 0 aliphatic heterocycles. The average molecular weight is 259 g/mol. The highest BCUT2D eigenvalue weighted by Gasteiger charge is 2.24. The fraction of sp³-hybridized carbons (Fsp3) is 0.455. The van der Waals surface area contributed by atoms with Crippen LogP contribution in [0.5, 0.6) is 0 Å². The largest absolute Gasteiger partial charge is 0.390 e. The standard InChI is InChI=1S/C11H15BrO2/c1-11(2,14)10(13)7-8-5-3-4-6-9(8)12/h3-6,10,13-14H,7H2,1-2H3. The van der Waals surface area contributed by atoms with Gasteiger partial charge < -0.3 is 10.2 Å². The highest BCUT2D eigenvalue weighted by atomic mass is 79.9. The molecule has 0 saturated heterocycles. The lowest BCUT2D eigenvalue weighted by Gasteiger charge is -2.24. The minimum Gasteiger partial charge on any atom is -0.390 e. The van der Waals surface area contributed by atoms with Crippen molar-refractivity contribution in [1.82, 2.24) is 0 Å². The van der Waals surface area contributed by atoms with Gasteiger partial charge in [-0.1, -0.05) is 34.1 Å². The molecule has 0 aromatic heterocycles. The summed E-state index contributed by atoms with van der Waals surface area (Å²) in [7, 11) is 0. The van der Waals surface area contributed by atoms with Crippen LogP contribution in [0.4, 0.5) is 0 Å². The lowest BCUT2D eigenvalue weighted by molar-refractivity contribution is -0.0470. The molecule has 2 N–H and O–H groups in total. The second-order valence-electron chi connectivity index (χ2n) is 3.96. The molecule has 0 aliphatic carbocycles. The van der Waals surface area contributed by atoms with Gasteiger partial charge in [-0.15, -0.1) is 0 Å². The van der Waals surface area contributed by atoms with Crippen LogP contribution in [0, 0.1) is 0 Å². The molecule has 0 fully saturated rings. The van der Waals surface area contributed by atoms with Crippen LogP contribution in [0.25, 0.3) is 0 Å². The van der Waals surface area contributed by atoms with Crippen LogP contribution in [0.1, 0.15) is 19.4 Å². The van der Waals surface area contributed by atoms with Crippen LogP contribution in [0.3, 0.4) is 0 Å². The lowest BCUT2D eigenvalue weighted by atomic mass is 9.95. The summed E-state index contributed by atoms with van der Waals surface area (Å²) in [6.07, 6.45) is -0.300. The van der Waals surface area contributed by atoms with Crippen molar-refractivity contribution in [2.75, 3.05) is 0 Å². The molecule has 0 heterocycles. The predicted octanol–water partition coefficient (Wildman–Crippen LogP) is 2.12. The van der Waals surface area contributed by atoms with Crippen LogP contribution in [0.15, 0.2) is 28.7 Å². The molecule has 0 radical (unpaired) electrons. The Morgan fingerprint density at radius 2 is 1.93 bits per heavy atom. The Hall–Kier alpha value is -0.380. The first-order chi connectivity index (χ1) is 6.41. The van der Waals surface area contributed by atoms with E-state index in [1.807, 2.05) is 24.3 Å². The van der Waals surface area contributed by atoms with Gasteiger partial charge in [0.25, 0.3) is 0 Å². The van der Waals surface area contributed by atoms with E-state index < -0.39 is 11.7 Å². The third-order valence-electron chi connectivity index (χ3n) is 2.19. The van der Waals surface area contributed by atoms with Crippen molar-refractivity contribution < 1.29 is 10.2 Å². The maximum Gasteiger partial charge on any atom is 0.0862 e. The number of benzene rings is 1. The fourth-order valence-electron chi connectivity index (χ4n) is 1.12. The van der Waals surface area contributed by atoms with Crippen molar-refractivity contribution in [3.8, 4) is 0 Å². The summed E-state index contributed by atoms with van der Waals surface area (Å²) in [4.78, 5) is 0. The molecule has 1 atom stereocenters. The van der Waals surface area contributed by atoms with E-state index in [0.717, 1.165) is 10.0 Å². The topological polar surface area (TPSA) is 40.5 Å². The molecule has 0 saturated carbocycles. The van der Waals surface area contributed by atoms with Crippen molar-refractivity contribution >= 4 is 15.9 Å². The van der Waals surface area contributed by atoms with Gasteiger partial charge in [0.15, 0.2) is 0 Å². The Morgan fingerprint density at radius 3 is 2.43 bits per heavy atom. The smallest absolute Gasteiger partial charge is 0.0862 e. The second kappa shape index (κ2) is 4.43. The molecular formula is C11H15BrO2. The maximum absolute atomic E-state index is 9.69. The van der Waals surface area contributed by atoms with Crippen molar-refractivity contribution in [2.24, 2.45) is 0 Å². The summed E-state index contributed by atoms with van der Waals surface area (Å²) in [5, 5.41) is 19.3. The van der Waals surface area contributed by atoms with E-state index >= 15 is 0 Å². The maximum atomic E-state index is 9.69. The summed E-state index contributed by atoms with van der Waals surface area (Å²) >= 11 is 3.40. The van der Waals surface area contributed by atoms with Crippen molar-refractivity contribution in [3.05, 3.63) is 34.3 Å². The highest BCUT2D eigenvalue weighted by Crippen LogP contribution is 2.20. The van der Waals surface area contributed by atoms with Crippen LogP contribution in [-0.4, -0.2) is 21.9 Å².